The zero-order valence-electron chi connectivity index (χ0n) is 22.1. The van der Waals surface area contributed by atoms with Crippen molar-refractivity contribution in [2.75, 3.05) is 6.61 Å². The molecule has 1 aromatic heterocycles. The molecule has 1 aliphatic rings. The number of fused-ring (bicyclic) bond motifs is 1. The van der Waals surface area contributed by atoms with E-state index in [1.807, 2.05) is 71.6 Å². The molecule has 0 radical (unpaired) electrons. The van der Waals surface area contributed by atoms with Gasteiger partial charge in [-0.2, -0.15) is 0 Å². The predicted molar refractivity (Wildman–Crippen MR) is 141 cm³/mol. The van der Waals surface area contributed by atoms with E-state index in [0.29, 0.717) is 12.1 Å². The van der Waals surface area contributed by atoms with Gasteiger partial charge >= 0.3 is 11.9 Å². The third kappa shape index (κ3) is 5.23. The number of imidazole rings is 1. The van der Waals surface area contributed by atoms with Crippen LogP contribution in [0.15, 0.2) is 103 Å². The van der Waals surface area contributed by atoms with Gasteiger partial charge < -0.3 is 19.3 Å². The van der Waals surface area contributed by atoms with E-state index in [-0.39, 0.29) is 12.2 Å². The lowest BCUT2D eigenvalue weighted by molar-refractivity contribution is -0.663. The first-order valence-electron chi connectivity index (χ1n) is 12.9. The summed E-state index contributed by atoms with van der Waals surface area (Å²) in [5.41, 5.74) is 3.01. The maximum absolute atomic E-state index is 13.8. The van der Waals surface area contributed by atoms with Crippen LogP contribution in [0.1, 0.15) is 43.9 Å². The van der Waals surface area contributed by atoms with Gasteiger partial charge in [-0.1, -0.05) is 72.8 Å². The van der Waals surface area contributed by atoms with Gasteiger partial charge in [0.15, 0.2) is 16.8 Å². The summed E-state index contributed by atoms with van der Waals surface area (Å²) in [6.45, 7) is 5.37. The molecule has 5 rings (SSSR count). The average Bonchev–Trinajstić information content (AvgIpc) is 3.26. The number of hydrogen-bond acceptors (Lipinski definition) is 6. The van der Waals surface area contributed by atoms with Crippen LogP contribution in [-0.2, 0) is 30.3 Å². The Balaban J connectivity index is 1.74. The van der Waals surface area contributed by atoms with Gasteiger partial charge in [0.2, 0.25) is 12.4 Å². The van der Waals surface area contributed by atoms with Gasteiger partial charge in [0.25, 0.3) is 0 Å². The van der Waals surface area contributed by atoms with Crippen molar-refractivity contribution >= 4 is 23.0 Å². The van der Waals surface area contributed by atoms with E-state index in [1.165, 1.54) is 13.8 Å². The van der Waals surface area contributed by atoms with Crippen molar-refractivity contribution in [3.8, 4) is 0 Å². The topological polar surface area (TPSA) is 93.7 Å². The maximum atomic E-state index is 13.8. The molecule has 2 atom stereocenters. The van der Waals surface area contributed by atoms with E-state index in [9.17, 15) is 14.7 Å². The van der Waals surface area contributed by atoms with Crippen molar-refractivity contribution in [1.29, 1.82) is 0 Å². The first-order chi connectivity index (χ1) is 18.8. The minimum absolute atomic E-state index is 0.122. The lowest BCUT2D eigenvalue weighted by Crippen LogP contribution is -2.43. The van der Waals surface area contributed by atoms with Gasteiger partial charge in [-0.15, -0.1) is 0 Å². The maximum Gasteiger partial charge on any atom is 0.352 e. The number of cyclic esters (lactones) is 1. The molecule has 8 heteroatoms. The Bertz CT molecular complexity index is 1520. The molecular formula is C31H30N2O6. The first kappa shape index (κ1) is 26.0. The van der Waals surface area contributed by atoms with E-state index in [2.05, 4.69) is 0 Å². The van der Waals surface area contributed by atoms with Gasteiger partial charge in [0.1, 0.15) is 6.54 Å². The Morgan fingerprint density at radius 2 is 1.62 bits per heavy atom. The van der Waals surface area contributed by atoms with Gasteiger partial charge in [0, 0.05) is 0 Å². The van der Waals surface area contributed by atoms with Gasteiger partial charge in [-0.25, -0.2) is 18.7 Å². The molecule has 0 amide bonds. The highest BCUT2D eigenvalue weighted by Gasteiger charge is 2.45. The fraction of sp³-hybridized carbons (Fsp3) is 0.258. The van der Waals surface area contributed by atoms with Crippen molar-refractivity contribution in [2.45, 2.75) is 45.1 Å². The zero-order valence-corrected chi connectivity index (χ0v) is 22.1. The Labute approximate surface area is 226 Å². The van der Waals surface area contributed by atoms with Gasteiger partial charge in [0.05, 0.1) is 24.0 Å². The SMILES string of the molecule is CCOC(=O)C(C(C1=C([O-])OC(C)(C)OC1=O)c1ccccc1)n1c[n+](Cc2ccccc2)c2ccccc21. The number of carbonyl (C=O) groups excluding carboxylic acids is 2. The molecule has 0 saturated heterocycles. The molecule has 0 aliphatic carbocycles. The molecule has 3 aromatic carbocycles. The lowest BCUT2D eigenvalue weighted by atomic mass is 9.84. The molecule has 0 fully saturated rings. The Hall–Kier alpha value is -4.59. The minimum Gasteiger partial charge on any atom is -0.575 e. The molecule has 0 spiro atoms. The van der Waals surface area contributed by atoms with Crippen LogP contribution < -0.4 is 9.67 Å². The number of carbonyl (C=O) groups is 2. The van der Waals surface area contributed by atoms with Crippen LogP contribution in [0.4, 0.5) is 0 Å². The Morgan fingerprint density at radius 1 is 0.974 bits per heavy atom. The van der Waals surface area contributed by atoms with E-state index in [0.717, 1.165) is 16.6 Å². The number of para-hydroxylation sites is 2. The second-order valence-electron chi connectivity index (χ2n) is 9.80. The number of aromatic nitrogens is 2. The molecular weight excluding hydrogens is 496 g/mol. The third-order valence-electron chi connectivity index (χ3n) is 6.66. The highest BCUT2D eigenvalue weighted by Crippen LogP contribution is 2.42. The fourth-order valence-electron chi connectivity index (χ4n) is 5.05. The monoisotopic (exact) mass is 526 g/mol. The van der Waals surface area contributed by atoms with E-state index < -0.39 is 35.6 Å². The fourth-order valence-corrected chi connectivity index (χ4v) is 5.05. The highest BCUT2D eigenvalue weighted by molar-refractivity contribution is 5.93. The van der Waals surface area contributed by atoms with Crippen LogP contribution in [0.2, 0.25) is 0 Å². The summed E-state index contributed by atoms with van der Waals surface area (Å²) in [6, 6.07) is 25.5. The van der Waals surface area contributed by atoms with Crippen LogP contribution in [0.5, 0.6) is 0 Å². The zero-order chi connectivity index (χ0) is 27.6. The first-order valence-corrected chi connectivity index (χ1v) is 12.9. The van der Waals surface area contributed by atoms with E-state index >= 15 is 0 Å². The predicted octanol–water partition coefficient (Wildman–Crippen LogP) is 3.75. The number of nitrogens with zero attached hydrogens (tertiary/aromatic N) is 2. The molecule has 8 nitrogen and oxygen atoms in total. The third-order valence-corrected chi connectivity index (χ3v) is 6.66. The molecule has 1 aliphatic heterocycles. The molecule has 2 unspecified atom stereocenters. The van der Waals surface area contributed by atoms with Crippen LogP contribution >= 0.6 is 0 Å². The summed E-state index contributed by atoms with van der Waals surface area (Å²) in [5, 5.41) is 13.3. The Kier molecular flexibility index (Phi) is 7.11. The van der Waals surface area contributed by atoms with Crippen LogP contribution in [0.25, 0.3) is 11.0 Å². The highest BCUT2D eigenvalue weighted by atomic mass is 16.8. The van der Waals surface area contributed by atoms with Gasteiger partial charge in [-0.3, -0.25) is 0 Å². The summed E-state index contributed by atoms with van der Waals surface area (Å²) in [4.78, 5) is 27.1. The van der Waals surface area contributed by atoms with Crippen molar-refractivity contribution in [3.63, 3.8) is 0 Å². The molecule has 0 N–H and O–H groups in total. The molecule has 0 bridgehead atoms. The summed E-state index contributed by atoms with van der Waals surface area (Å²) in [5.74, 6) is -4.70. The number of rotatable bonds is 8. The molecule has 39 heavy (non-hydrogen) atoms. The number of hydrogen-bond donors (Lipinski definition) is 0. The summed E-state index contributed by atoms with van der Waals surface area (Å²) < 4.78 is 20.3. The second kappa shape index (κ2) is 10.6. The average molecular weight is 527 g/mol. The summed E-state index contributed by atoms with van der Waals surface area (Å²) >= 11 is 0. The quantitative estimate of drug-likeness (QED) is 0.257. The molecule has 4 aromatic rings. The van der Waals surface area contributed by atoms with Crippen molar-refractivity contribution in [3.05, 3.63) is 114 Å². The number of esters is 2. The minimum atomic E-state index is -1.42. The van der Waals surface area contributed by atoms with Crippen molar-refractivity contribution < 1.29 is 33.5 Å². The standard InChI is InChI=1S/C31H30N2O6/c1-4-37-30(36)27(25(22-15-9-6-10-16-22)26-28(34)38-31(2,3)39-29(26)35)33-20-32(19-21-13-7-5-8-14-21)23-17-11-12-18-24(23)33/h5-18,20,25,27H,4,19H2,1-3H3. The second-order valence-corrected chi connectivity index (χ2v) is 9.80. The van der Waals surface area contributed by atoms with Crippen molar-refractivity contribution in [2.24, 2.45) is 0 Å². The Morgan fingerprint density at radius 3 is 2.28 bits per heavy atom. The summed E-state index contributed by atoms with van der Waals surface area (Å²) in [7, 11) is 0. The van der Waals surface area contributed by atoms with Crippen LogP contribution in [-0.4, -0.2) is 28.9 Å². The molecule has 2 heterocycles. The van der Waals surface area contributed by atoms with E-state index in [4.69, 9.17) is 14.2 Å². The van der Waals surface area contributed by atoms with E-state index in [1.54, 1.807) is 35.8 Å². The van der Waals surface area contributed by atoms with Crippen molar-refractivity contribution in [1.82, 2.24) is 4.57 Å². The van der Waals surface area contributed by atoms with Crippen LogP contribution in [0.3, 0.4) is 0 Å². The smallest absolute Gasteiger partial charge is 0.352 e. The largest absolute Gasteiger partial charge is 0.575 e. The molecule has 0 saturated carbocycles. The number of benzene rings is 3. The summed E-state index contributed by atoms with van der Waals surface area (Å²) in [6.07, 6.45) is 1.83. The normalized spacial score (nSPS) is 16.3. The number of ether oxygens (including phenoxy) is 3. The van der Waals surface area contributed by atoms with Gasteiger partial charge in [-0.05, 0) is 44.0 Å². The lowest BCUT2D eigenvalue weighted by Gasteiger charge is -2.41. The molecule has 200 valence electrons. The van der Waals surface area contributed by atoms with Crippen LogP contribution in [0, 0.1) is 0 Å².